The lowest BCUT2D eigenvalue weighted by Gasteiger charge is -2.14. The summed E-state index contributed by atoms with van der Waals surface area (Å²) in [6.07, 6.45) is -4.46. The van der Waals surface area contributed by atoms with Crippen molar-refractivity contribution < 1.29 is 22.9 Å². The second-order valence-electron chi connectivity index (χ2n) is 5.38. The summed E-state index contributed by atoms with van der Waals surface area (Å²) < 4.78 is 38.3. The zero-order valence-corrected chi connectivity index (χ0v) is 13.3. The van der Waals surface area contributed by atoms with Crippen LogP contribution in [0.2, 0.25) is 0 Å². The Morgan fingerprint density at radius 3 is 2.50 bits per heavy atom. The molecule has 0 unspecified atom stereocenters. The lowest BCUT2D eigenvalue weighted by atomic mass is 10.0. The van der Waals surface area contributed by atoms with Crippen LogP contribution in [0.4, 0.5) is 24.5 Å². The summed E-state index contributed by atoms with van der Waals surface area (Å²) in [5, 5.41) is 13.8. The molecule has 0 aliphatic rings. The van der Waals surface area contributed by atoms with Gasteiger partial charge in [-0.2, -0.15) is 13.2 Å². The predicted octanol–water partition coefficient (Wildman–Crippen LogP) is 3.72. The van der Waals surface area contributed by atoms with E-state index in [2.05, 4.69) is 11.9 Å². The monoisotopic (exact) mass is 365 g/mol. The number of nitro benzene ring substituents is 1. The van der Waals surface area contributed by atoms with E-state index in [1.807, 2.05) is 0 Å². The number of primary amides is 1. The summed E-state index contributed by atoms with van der Waals surface area (Å²) in [5.74, 6) is -0.868. The van der Waals surface area contributed by atoms with Gasteiger partial charge < -0.3 is 11.1 Å². The number of nitro groups is 1. The van der Waals surface area contributed by atoms with Gasteiger partial charge in [0.15, 0.2) is 0 Å². The molecule has 0 saturated heterocycles. The largest absolute Gasteiger partial charge is 0.416 e. The third kappa shape index (κ3) is 4.38. The van der Waals surface area contributed by atoms with Crippen LogP contribution in [0.25, 0.3) is 5.57 Å². The summed E-state index contributed by atoms with van der Waals surface area (Å²) in [7, 11) is 0. The SMILES string of the molecule is C=C(C(N)=O)c1cc([N+](=O)[O-])ccc1NCc1cccc(C(F)(F)F)c1. The van der Waals surface area contributed by atoms with Crippen LogP contribution in [0.5, 0.6) is 0 Å². The van der Waals surface area contributed by atoms with Crippen LogP contribution in [0, 0.1) is 10.1 Å². The Hall–Kier alpha value is -3.36. The number of amides is 1. The number of nitrogens with zero attached hydrogens (tertiary/aromatic N) is 1. The van der Waals surface area contributed by atoms with Crippen LogP contribution in [0.3, 0.4) is 0 Å². The molecule has 0 aromatic heterocycles. The maximum atomic E-state index is 12.8. The number of benzene rings is 2. The average Bonchev–Trinajstić information content (AvgIpc) is 2.58. The Labute approximate surface area is 146 Å². The van der Waals surface area contributed by atoms with Crippen LogP contribution < -0.4 is 11.1 Å². The quantitative estimate of drug-likeness (QED) is 0.463. The lowest BCUT2D eigenvalue weighted by molar-refractivity contribution is -0.384. The van der Waals surface area contributed by atoms with Crippen molar-refractivity contribution in [1.82, 2.24) is 0 Å². The van der Waals surface area contributed by atoms with Gasteiger partial charge in [0, 0.05) is 35.5 Å². The van der Waals surface area contributed by atoms with E-state index in [1.165, 1.54) is 24.3 Å². The van der Waals surface area contributed by atoms with Gasteiger partial charge in [-0.15, -0.1) is 0 Å². The minimum absolute atomic E-state index is 0.000767. The van der Waals surface area contributed by atoms with Gasteiger partial charge in [-0.25, -0.2) is 0 Å². The minimum atomic E-state index is -4.46. The number of nitrogens with one attached hydrogen (secondary N) is 1. The van der Waals surface area contributed by atoms with Crippen LogP contribution in [-0.2, 0) is 17.5 Å². The Balaban J connectivity index is 2.31. The Morgan fingerprint density at radius 2 is 1.92 bits per heavy atom. The van der Waals surface area contributed by atoms with Gasteiger partial charge >= 0.3 is 6.18 Å². The van der Waals surface area contributed by atoms with E-state index in [-0.39, 0.29) is 29.1 Å². The smallest absolute Gasteiger partial charge is 0.380 e. The number of hydrogen-bond acceptors (Lipinski definition) is 4. The van der Waals surface area contributed by atoms with Crippen molar-refractivity contribution in [3.63, 3.8) is 0 Å². The highest BCUT2D eigenvalue weighted by atomic mass is 19.4. The molecule has 1 amide bonds. The van der Waals surface area contributed by atoms with Crippen molar-refractivity contribution in [3.05, 3.63) is 75.8 Å². The highest BCUT2D eigenvalue weighted by Crippen LogP contribution is 2.31. The topological polar surface area (TPSA) is 98.3 Å². The lowest BCUT2D eigenvalue weighted by Crippen LogP contribution is -2.14. The first-order valence-corrected chi connectivity index (χ1v) is 7.27. The summed E-state index contributed by atoms with van der Waals surface area (Å²) in [4.78, 5) is 21.6. The number of non-ortho nitro benzene ring substituents is 1. The summed E-state index contributed by atoms with van der Waals surface area (Å²) in [6, 6.07) is 8.38. The Bertz CT molecular complexity index is 879. The van der Waals surface area contributed by atoms with Gasteiger partial charge in [-0.1, -0.05) is 18.7 Å². The summed E-state index contributed by atoms with van der Waals surface area (Å²) in [5.41, 5.74) is 4.70. The minimum Gasteiger partial charge on any atom is -0.380 e. The van der Waals surface area contributed by atoms with Crippen molar-refractivity contribution >= 4 is 22.9 Å². The molecule has 0 bridgehead atoms. The van der Waals surface area contributed by atoms with E-state index in [0.29, 0.717) is 5.56 Å². The number of hydrogen-bond donors (Lipinski definition) is 2. The van der Waals surface area contributed by atoms with E-state index in [4.69, 9.17) is 5.73 Å². The summed E-state index contributed by atoms with van der Waals surface area (Å²) in [6.45, 7) is 3.50. The van der Waals surface area contributed by atoms with Gasteiger partial charge in [0.2, 0.25) is 5.91 Å². The van der Waals surface area contributed by atoms with E-state index in [1.54, 1.807) is 0 Å². The van der Waals surface area contributed by atoms with Gasteiger partial charge in [0.05, 0.1) is 10.5 Å². The number of nitrogens with two attached hydrogens (primary N) is 1. The number of rotatable bonds is 6. The molecular formula is C17H14F3N3O3. The van der Waals surface area contributed by atoms with Crippen molar-refractivity contribution in [2.75, 3.05) is 5.32 Å². The molecule has 26 heavy (non-hydrogen) atoms. The third-order valence-corrected chi connectivity index (χ3v) is 3.57. The molecule has 0 atom stereocenters. The molecule has 136 valence electrons. The second-order valence-corrected chi connectivity index (χ2v) is 5.38. The molecule has 0 aliphatic heterocycles. The van der Waals surface area contributed by atoms with Crippen molar-refractivity contribution in [1.29, 1.82) is 0 Å². The molecule has 0 heterocycles. The maximum absolute atomic E-state index is 12.8. The highest BCUT2D eigenvalue weighted by Gasteiger charge is 2.30. The fourth-order valence-corrected chi connectivity index (χ4v) is 2.24. The van der Waals surface area contributed by atoms with Gasteiger partial charge in [0.25, 0.3) is 5.69 Å². The first-order valence-electron chi connectivity index (χ1n) is 7.27. The number of carbonyl (C=O) groups is 1. The first-order chi connectivity index (χ1) is 12.1. The van der Waals surface area contributed by atoms with Crippen LogP contribution in [-0.4, -0.2) is 10.8 Å². The Morgan fingerprint density at radius 1 is 1.23 bits per heavy atom. The fourth-order valence-electron chi connectivity index (χ4n) is 2.24. The molecule has 2 aromatic rings. The van der Waals surface area contributed by atoms with Gasteiger partial charge in [-0.3, -0.25) is 14.9 Å². The van der Waals surface area contributed by atoms with E-state index in [9.17, 15) is 28.1 Å². The van der Waals surface area contributed by atoms with Crippen LogP contribution in [0.1, 0.15) is 16.7 Å². The van der Waals surface area contributed by atoms with Crippen LogP contribution >= 0.6 is 0 Å². The molecule has 0 saturated carbocycles. The Kier molecular flexibility index (Phi) is 5.30. The van der Waals surface area contributed by atoms with Crippen molar-refractivity contribution in [3.8, 4) is 0 Å². The molecule has 0 radical (unpaired) electrons. The molecular weight excluding hydrogens is 351 g/mol. The van der Waals surface area contributed by atoms with Crippen LogP contribution in [0.15, 0.2) is 49.0 Å². The molecule has 3 N–H and O–H groups in total. The highest BCUT2D eigenvalue weighted by molar-refractivity contribution is 6.19. The standard InChI is InChI=1S/C17H14F3N3O3/c1-10(16(21)24)14-8-13(23(25)26)5-6-15(14)22-9-11-3-2-4-12(7-11)17(18,19)20/h2-8,22H,1,9H2,(H2,21,24). The van der Waals surface area contributed by atoms with Gasteiger partial charge in [-0.05, 0) is 23.8 Å². The van der Waals surface area contributed by atoms with E-state index < -0.39 is 22.6 Å². The van der Waals surface area contributed by atoms with Crippen molar-refractivity contribution in [2.24, 2.45) is 5.73 Å². The molecule has 9 heteroatoms. The number of carbonyl (C=O) groups excluding carboxylic acids is 1. The molecule has 2 aromatic carbocycles. The average molecular weight is 365 g/mol. The maximum Gasteiger partial charge on any atom is 0.416 e. The van der Waals surface area contributed by atoms with Crippen molar-refractivity contribution in [2.45, 2.75) is 12.7 Å². The fraction of sp³-hybridized carbons (Fsp3) is 0.118. The summed E-state index contributed by atoms with van der Waals surface area (Å²) >= 11 is 0. The second kappa shape index (κ2) is 7.26. The zero-order chi connectivity index (χ0) is 19.5. The normalized spacial score (nSPS) is 11.0. The number of anilines is 1. The molecule has 0 fully saturated rings. The molecule has 6 nitrogen and oxygen atoms in total. The van der Waals surface area contributed by atoms with E-state index >= 15 is 0 Å². The molecule has 0 aliphatic carbocycles. The molecule has 2 rings (SSSR count). The number of halogens is 3. The first kappa shape index (κ1) is 19.0. The molecule has 0 spiro atoms. The van der Waals surface area contributed by atoms with Gasteiger partial charge in [0.1, 0.15) is 0 Å². The van der Waals surface area contributed by atoms with E-state index in [0.717, 1.165) is 18.2 Å². The number of alkyl halides is 3. The zero-order valence-electron chi connectivity index (χ0n) is 13.3. The third-order valence-electron chi connectivity index (χ3n) is 3.57. The predicted molar refractivity (Wildman–Crippen MR) is 90.1 cm³/mol.